The highest BCUT2D eigenvalue weighted by atomic mass is 16.5. The third-order valence-electron chi connectivity index (χ3n) is 2.91. The van der Waals surface area contributed by atoms with E-state index >= 15 is 0 Å². The van der Waals surface area contributed by atoms with E-state index in [4.69, 9.17) is 15.2 Å². The van der Waals surface area contributed by atoms with E-state index in [1.54, 1.807) is 19.2 Å². The molecule has 0 aromatic heterocycles. The number of aliphatic hydroxyl groups is 1. The summed E-state index contributed by atoms with van der Waals surface area (Å²) in [6.45, 7) is 0.717. The van der Waals surface area contributed by atoms with E-state index in [1.165, 1.54) is 0 Å². The van der Waals surface area contributed by atoms with Gasteiger partial charge in [-0.1, -0.05) is 24.3 Å². The largest absolute Gasteiger partial charge is 0.491 e. The first-order valence-electron chi connectivity index (χ1n) is 6.43. The van der Waals surface area contributed by atoms with Gasteiger partial charge in [-0.3, -0.25) is 0 Å². The Hall–Kier alpha value is -2.04. The molecule has 2 aromatic carbocycles. The topological polar surface area (TPSA) is 64.7 Å². The maximum atomic E-state index is 10.1. The van der Waals surface area contributed by atoms with Crippen LogP contribution in [-0.2, 0) is 11.3 Å². The smallest absolute Gasteiger partial charge is 0.119 e. The van der Waals surface area contributed by atoms with Crippen molar-refractivity contribution in [3.05, 3.63) is 59.7 Å². The quantitative estimate of drug-likeness (QED) is 0.794. The zero-order valence-electron chi connectivity index (χ0n) is 11.5. The van der Waals surface area contributed by atoms with Crippen molar-refractivity contribution >= 4 is 5.69 Å². The molecule has 0 bridgehead atoms. The van der Waals surface area contributed by atoms with Crippen LogP contribution in [0.2, 0.25) is 0 Å². The fourth-order valence-electron chi connectivity index (χ4n) is 1.93. The number of rotatable bonds is 6. The van der Waals surface area contributed by atoms with Crippen LogP contribution < -0.4 is 10.5 Å². The van der Waals surface area contributed by atoms with Crippen LogP contribution in [-0.4, -0.2) is 18.8 Å². The summed E-state index contributed by atoms with van der Waals surface area (Å²) in [5.74, 6) is 0.711. The predicted octanol–water partition coefficient (Wildman–Crippen LogP) is 2.53. The molecule has 3 N–H and O–H groups in total. The zero-order chi connectivity index (χ0) is 14.4. The maximum Gasteiger partial charge on any atom is 0.119 e. The van der Waals surface area contributed by atoms with Crippen molar-refractivity contribution in [1.29, 1.82) is 0 Å². The van der Waals surface area contributed by atoms with Crippen LogP contribution in [0.5, 0.6) is 5.75 Å². The lowest BCUT2D eigenvalue weighted by molar-refractivity contribution is 0.108. The lowest BCUT2D eigenvalue weighted by Gasteiger charge is -2.13. The molecule has 2 aromatic rings. The molecule has 4 heteroatoms. The highest BCUT2D eigenvalue weighted by molar-refractivity contribution is 5.41. The first-order chi connectivity index (χ1) is 9.69. The van der Waals surface area contributed by atoms with Gasteiger partial charge in [0.05, 0.1) is 6.61 Å². The Morgan fingerprint density at radius 3 is 2.70 bits per heavy atom. The van der Waals surface area contributed by atoms with Crippen molar-refractivity contribution in [2.45, 2.75) is 12.7 Å². The standard InChI is InChI=1S/C16H19NO3/c1-19-10-12-4-2-7-15(8-12)20-11-16(18)13-5-3-6-14(17)9-13/h2-9,16,18H,10-11,17H2,1H3. The Bertz CT molecular complexity index is 557. The van der Waals surface area contributed by atoms with E-state index < -0.39 is 6.10 Å². The van der Waals surface area contributed by atoms with Gasteiger partial charge >= 0.3 is 0 Å². The van der Waals surface area contributed by atoms with Crippen LogP contribution in [0.3, 0.4) is 0 Å². The Kier molecular flexibility index (Phi) is 4.98. The van der Waals surface area contributed by atoms with Gasteiger partial charge in [0.1, 0.15) is 18.5 Å². The van der Waals surface area contributed by atoms with Crippen molar-refractivity contribution in [3.8, 4) is 5.75 Å². The van der Waals surface area contributed by atoms with Crippen LogP contribution in [0.15, 0.2) is 48.5 Å². The molecule has 0 radical (unpaired) electrons. The van der Waals surface area contributed by atoms with Crippen LogP contribution in [0.4, 0.5) is 5.69 Å². The number of ether oxygens (including phenoxy) is 2. The Morgan fingerprint density at radius 1 is 1.15 bits per heavy atom. The van der Waals surface area contributed by atoms with Crippen LogP contribution in [0.25, 0.3) is 0 Å². The molecular formula is C16H19NO3. The summed E-state index contributed by atoms with van der Waals surface area (Å²) in [7, 11) is 1.65. The summed E-state index contributed by atoms with van der Waals surface area (Å²) in [5, 5.41) is 10.1. The monoisotopic (exact) mass is 273 g/mol. The average Bonchev–Trinajstić information content (AvgIpc) is 2.45. The highest BCUT2D eigenvalue weighted by Gasteiger charge is 2.09. The van der Waals surface area contributed by atoms with Gasteiger partial charge in [-0.15, -0.1) is 0 Å². The fourth-order valence-corrected chi connectivity index (χ4v) is 1.93. The number of nitrogens with two attached hydrogens (primary N) is 1. The van der Waals surface area contributed by atoms with Crippen LogP contribution >= 0.6 is 0 Å². The normalized spacial score (nSPS) is 12.1. The molecule has 0 aliphatic heterocycles. The zero-order valence-corrected chi connectivity index (χ0v) is 11.5. The number of aliphatic hydroxyl groups excluding tert-OH is 1. The molecule has 20 heavy (non-hydrogen) atoms. The number of methoxy groups -OCH3 is 1. The molecule has 0 fully saturated rings. The summed E-state index contributed by atoms with van der Waals surface area (Å²) in [4.78, 5) is 0. The molecule has 4 nitrogen and oxygen atoms in total. The molecule has 0 saturated heterocycles. The first kappa shape index (κ1) is 14.4. The molecule has 0 heterocycles. The molecule has 0 aliphatic carbocycles. The lowest BCUT2D eigenvalue weighted by Crippen LogP contribution is -2.10. The Labute approximate surface area is 118 Å². The van der Waals surface area contributed by atoms with Gasteiger partial charge in [0.2, 0.25) is 0 Å². The average molecular weight is 273 g/mol. The maximum absolute atomic E-state index is 10.1. The first-order valence-corrected chi connectivity index (χ1v) is 6.43. The summed E-state index contributed by atoms with van der Waals surface area (Å²) in [5.41, 5.74) is 8.10. The van der Waals surface area contributed by atoms with Crippen LogP contribution in [0, 0.1) is 0 Å². The van der Waals surface area contributed by atoms with E-state index in [1.807, 2.05) is 36.4 Å². The number of hydrogen-bond acceptors (Lipinski definition) is 4. The molecule has 0 aliphatic rings. The van der Waals surface area contributed by atoms with E-state index in [2.05, 4.69) is 0 Å². The molecule has 0 saturated carbocycles. The van der Waals surface area contributed by atoms with E-state index in [-0.39, 0.29) is 6.61 Å². The molecule has 2 rings (SSSR count). The Balaban J connectivity index is 1.96. The van der Waals surface area contributed by atoms with E-state index in [9.17, 15) is 5.11 Å². The second-order valence-corrected chi connectivity index (χ2v) is 4.58. The van der Waals surface area contributed by atoms with Crippen molar-refractivity contribution < 1.29 is 14.6 Å². The van der Waals surface area contributed by atoms with Gasteiger partial charge in [0.15, 0.2) is 0 Å². The molecule has 106 valence electrons. The molecule has 1 atom stereocenters. The molecular weight excluding hydrogens is 254 g/mol. The van der Waals surface area contributed by atoms with Gasteiger partial charge in [0.25, 0.3) is 0 Å². The number of benzene rings is 2. The van der Waals surface area contributed by atoms with Crippen molar-refractivity contribution in [3.63, 3.8) is 0 Å². The minimum atomic E-state index is -0.704. The van der Waals surface area contributed by atoms with Crippen LogP contribution in [0.1, 0.15) is 17.2 Å². The van der Waals surface area contributed by atoms with Crippen molar-refractivity contribution in [1.82, 2.24) is 0 Å². The molecule has 0 amide bonds. The predicted molar refractivity (Wildman–Crippen MR) is 78.5 cm³/mol. The van der Waals surface area contributed by atoms with Crippen molar-refractivity contribution in [2.75, 3.05) is 19.5 Å². The SMILES string of the molecule is COCc1cccc(OCC(O)c2cccc(N)c2)c1. The third kappa shape index (κ3) is 3.98. The number of nitrogen functional groups attached to an aromatic ring is 1. The third-order valence-corrected chi connectivity index (χ3v) is 2.91. The summed E-state index contributed by atoms with van der Waals surface area (Å²) in [6.07, 6.45) is -0.704. The second kappa shape index (κ2) is 6.93. The molecule has 0 spiro atoms. The minimum Gasteiger partial charge on any atom is -0.491 e. The fraction of sp³-hybridized carbons (Fsp3) is 0.250. The Morgan fingerprint density at radius 2 is 1.95 bits per heavy atom. The summed E-state index contributed by atoms with van der Waals surface area (Å²) >= 11 is 0. The minimum absolute atomic E-state index is 0.180. The van der Waals surface area contributed by atoms with Gasteiger partial charge < -0.3 is 20.3 Å². The van der Waals surface area contributed by atoms with Gasteiger partial charge in [0, 0.05) is 12.8 Å². The van der Waals surface area contributed by atoms with Crippen molar-refractivity contribution in [2.24, 2.45) is 0 Å². The number of hydrogen-bond donors (Lipinski definition) is 2. The molecule has 1 unspecified atom stereocenters. The highest BCUT2D eigenvalue weighted by Crippen LogP contribution is 2.19. The van der Waals surface area contributed by atoms with Gasteiger partial charge in [-0.05, 0) is 35.4 Å². The van der Waals surface area contributed by atoms with E-state index in [0.717, 1.165) is 11.1 Å². The van der Waals surface area contributed by atoms with Gasteiger partial charge in [-0.25, -0.2) is 0 Å². The summed E-state index contributed by atoms with van der Waals surface area (Å²) in [6, 6.07) is 14.8. The second-order valence-electron chi connectivity index (χ2n) is 4.58. The number of anilines is 1. The van der Waals surface area contributed by atoms with Gasteiger partial charge in [-0.2, -0.15) is 0 Å². The lowest BCUT2D eigenvalue weighted by atomic mass is 10.1. The van der Waals surface area contributed by atoms with E-state index in [0.29, 0.717) is 18.0 Å². The summed E-state index contributed by atoms with van der Waals surface area (Å²) < 4.78 is 10.7.